The lowest BCUT2D eigenvalue weighted by molar-refractivity contribution is 0.293. The third-order valence-electron chi connectivity index (χ3n) is 4.52. The largest absolute Gasteiger partial charge is 0.348 e. The summed E-state index contributed by atoms with van der Waals surface area (Å²) in [5.74, 6) is 0.747. The number of hydrogen-bond acceptors (Lipinski definition) is 4. The normalized spacial score (nSPS) is 22.0. The molecule has 1 aromatic heterocycles. The molecular weight excluding hydrogens is 278 g/mol. The maximum atomic E-state index is 5.04. The minimum atomic E-state index is 0.431. The van der Waals surface area contributed by atoms with E-state index in [4.69, 9.17) is 4.98 Å². The van der Waals surface area contributed by atoms with E-state index in [1.807, 2.05) is 11.3 Å². The molecule has 0 bridgehead atoms. The zero-order valence-corrected chi connectivity index (χ0v) is 14.7. The summed E-state index contributed by atoms with van der Waals surface area (Å²) in [6, 6.07) is 0.538. The molecule has 1 aromatic rings. The van der Waals surface area contributed by atoms with Crippen molar-refractivity contribution in [3.8, 4) is 0 Å². The van der Waals surface area contributed by atoms with Gasteiger partial charge in [0, 0.05) is 36.5 Å². The molecule has 0 amide bonds. The van der Waals surface area contributed by atoms with Crippen LogP contribution in [0.4, 0.5) is 5.13 Å². The Bertz CT molecular complexity index is 488. The summed E-state index contributed by atoms with van der Waals surface area (Å²) in [5.41, 5.74) is 1.83. The van der Waals surface area contributed by atoms with Crippen molar-refractivity contribution in [1.29, 1.82) is 0 Å². The first-order valence-corrected chi connectivity index (χ1v) is 9.24. The number of piperidine rings is 1. The van der Waals surface area contributed by atoms with Crippen LogP contribution in [0.1, 0.15) is 69.9 Å². The lowest BCUT2D eigenvalue weighted by Gasteiger charge is -2.37. The molecule has 1 aliphatic carbocycles. The number of nitrogens with one attached hydrogen (secondary N) is 1. The van der Waals surface area contributed by atoms with Crippen LogP contribution in [0.5, 0.6) is 0 Å². The van der Waals surface area contributed by atoms with Gasteiger partial charge in [-0.1, -0.05) is 27.7 Å². The second-order valence-electron chi connectivity index (χ2n) is 7.80. The first kappa shape index (κ1) is 15.3. The molecule has 0 aromatic carbocycles. The van der Waals surface area contributed by atoms with Crippen molar-refractivity contribution in [3.63, 3.8) is 0 Å². The number of anilines is 1. The van der Waals surface area contributed by atoms with Crippen molar-refractivity contribution in [2.45, 2.75) is 71.9 Å². The fourth-order valence-corrected chi connectivity index (χ4v) is 4.29. The minimum Gasteiger partial charge on any atom is -0.348 e. The summed E-state index contributed by atoms with van der Waals surface area (Å²) in [7, 11) is 0. The van der Waals surface area contributed by atoms with Crippen LogP contribution < -0.4 is 10.2 Å². The molecule has 1 saturated carbocycles. The lowest BCUT2D eigenvalue weighted by Crippen LogP contribution is -2.40. The van der Waals surface area contributed by atoms with E-state index in [9.17, 15) is 0 Å². The molecule has 0 radical (unpaired) electrons. The van der Waals surface area contributed by atoms with Crippen LogP contribution >= 0.6 is 11.3 Å². The van der Waals surface area contributed by atoms with E-state index in [-0.39, 0.29) is 0 Å². The van der Waals surface area contributed by atoms with Crippen molar-refractivity contribution in [1.82, 2.24) is 10.3 Å². The van der Waals surface area contributed by atoms with Crippen molar-refractivity contribution in [3.05, 3.63) is 10.6 Å². The van der Waals surface area contributed by atoms with Crippen LogP contribution in [0.25, 0.3) is 0 Å². The molecule has 3 rings (SSSR count). The summed E-state index contributed by atoms with van der Waals surface area (Å²) >= 11 is 1.93. The van der Waals surface area contributed by atoms with Gasteiger partial charge < -0.3 is 10.2 Å². The Labute approximate surface area is 133 Å². The Hall–Kier alpha value is -0.610. The fraction of sp³-hybridized carbons (Fsp3) is 0.824. The van der Waals surface area contributed by atoms with Gasteiger partial charge in [0.15, 0.2) is 5.13 Å². The Morgan fingerprint density at radius 3 is 2.76 bits per heavy atom. The molecule has 2 aliphatic rings. The molecule has 2 heterocycles. The lowest BCUT2D eigenvalue weighted by atomic mass is 9.84. The van der Waals surface area contributed by atoms with Gasteiger partial charge >= 0.3 is 0 Å². The monoisotopic (exact) mass is 307 g/mol. The van der Waals surface area contributed by atoms with Crippen LogP contribution in [0.15, 0.2) is 0 Å². The summed E-state index contributed by atoms with van der Waals surface area (Å²) in [5, 5.41) is 4.84. The molecule has 0 atom stereocenters. The first-order chi connectivity index (χ1) is 9.94. The van der Waals surface area contributed by atoms with Crippen molar-refractivity contribution in [2.75, 3.05) is 18.0 Å². The second kappa shape index (κ2) is 5.88. The Kier molecular flexibility index (Phi) is 4.28. The SMILES string of the molecule is CC(C)NCc1sc(N2CCCC(C)(C)C2)nc1C1CC1. The highest BCUT2D eigenvalue weighted by Gasteiger charge is 2.32. The van der Waals surface area contributed by atoms with Gasteiger partial charge in [0.1, 0.15) is 0 Å². The third kappa shape index (κ3) is 3.78. The van der Waals surface area contributed by atoms with E-state index >= 15 is 0 Å². The van der Waals surface area contributed by atoms with Crippen molar-refractivity contribution >= 4 is 16.5 Å². The highest BCUT2D eigenvalue weighted by atomic mass is 32.1. The van der Waals surface area contributed by atoms with Gasteiger partial charge in [0.25, 0.3) is 0 Å². The first-order valence-electron chi connectivity index (χ1n) is 8.42. The smallest absolute Gasteiger partial charge is 0.185 e. The predicted octanol–water partition coefficient (Wildman–Crippen LogP) is 4.14. The molecular formula is C17H29N3S. The van der Waals surface area contributed by atoms with Crippen molar-refractivity contribution in [2.24, 2.45) is 5.41 Å². The minimum absolute atomic E-state index is 0.431. The Balaban J connectivity index is 1.77. The maximum Gasteiger partial charge on any atom is 0.185 e. The molecule has 4 heteroatoms. The second-order valence-corrected chi connectivity index (χ2v) is 8.87. The highest BCUT2D eigenvalue weighted by molar-refractivity contribution is 7.15. The van der Waals surface area contributed by atoms with Crippen LogP contribution in [0, 0.1) is 5.41 Å². The molecule has 118 valence electrons. The van der Waals surface area contributed by atoms with Gasteiger partial charge in [0.05, 0.1) is 5.69 Å². The van der Waals surface area contributed by atoms with Gasteiger partial charge in [-0.25, -0.2) is 4.98 Å². The number of aromatic nitrogens is 1. The topological polar surface area (TPSA) is 28.2 Å². The quantitative estimate of drug-likeness (QED) is 0.886. The summed E-state index contributed by atoms with van der Waals surface area (Å²) in [6.45, 7) is 12.5. The number of hydrogen-bond donors (Lipinski definition) is 1. The molecule has 1 aliphatic heterocycles. The van der Waals surface area contributed by atoms with E-state index < -0.39 is 0 Å². The van der Waals surface area contributed by atoms with Gasteiger partial charge in [-0.3, -0.25) is 0 Å². The standard InChI is InChI=1S/C17H29N3S/c1-12(2)18-10-14-15(13-6-7-13)19-16(21-14)20-9-5-8-17(3,4)11-20/h12-13,18H,5-11H2,1-4H3. The number of thiazole rings is 1. The van der Waals surface area contributed by atoms with Gasteiger partial charge in [-0.05, 0) is 31.1 Å². The molecule has 0 spiro atoms. The predicted molar refractivity (Wildman–Crippen MR) is 91.3 cm³/mol. The van der Waals surface area contributed by atoms with Gasteiger partial charge in [-0.15, -0.1) is 11.3 Å². The summed E-state index contributed by atoms with van der Waals surface area (Å²) in [4.78, 5) is 9.05. The maximum absolute atomic E-state index is 5.04. The highest BCUT2D eigenvalue weighted by Crippen LogP contribution is 2.45. The van der Waals surface area contributed by atoms with Gasteiger partial charge in [0.2, 0.25) is 0 Å². The molecule has 21 heavy (non-hydrogen) atoms. The molecule has 1 N–H and O–H groups in total. The average Bonchev–Trinajstić information content (AvgIpc) is 3.15. The summed E-state index contributed by atoms with van der Waals surface area (Å²) < 4.78 is 0. The Morgan fingerprint density at radius 1 is 1.38 bits per heavy atom. The van der Waals surface area contributed by atoms with E-state index in [1.54, 1.807) is 0 Å². The average molecular weight is 308 g/mol. The molecule has 0 unspecified atom stereocenters. The Morgan fingerprint density at radius 2 is 2.14 bits per heavy atom. The van der Waals surface area contributed by atoms with E-state index in [1.165, 1.54) is 47.9 Å². The van der Waals surface area contributed by atoms with Crippen LogP contribution in [0.3, 0.4) is 0 Å². The van der Waals surface area contributed by atoms with E-state index in [0.717, 1.165) is 19.0 Å². The zero-order valence-electron chi connectivity index (χ0n) is 13.9. The third-order valence-corrected chi connectivity index (χ3v) is 5.65. The van der Waals surface area contributed by atoms with E-state index in [0.29, 0.717) is 11.5 Å². The van der Waals surface area contributed by atoms with Crippen molar-refractivity contribution < 1.29 is 0 Å². The molecule has 3 nitrogen and oxygen atoms in total. The number of rotatable bonds is 5. The van der Waals surface area contributed by atoms with E-state index in [2.05, 4.69) is 37.9 Å². The van der Waals surface area contributed by atoms with Gasteiger partial charge in [-0.2, -0.15) is 0 Å². The fourth-order valence-electron chi connectivity index (χ4n) is 3.17. The zero-order chi connectivity index (χ0) is 15.0. The van der Waals surface area contributed by atoms with Crippen LogP contribution in [-0.2, 0) is 6.54 Å². The molecule has 1 saturated heterocycles. The number of nitrogens with zero attached hydrogens (tertiary/aromatic N) is 2. The van der Waals surface area contributed by atoms with Crippen LogP contribution in [0.2, 0.25) is 0 Å². The molecule has 2 fully saturated rings. The summed E-state index contributed by atoms with van der Waals surface area (Å²) in [6.07, 6.45) is 5.31. The van der Waals surface area contributed by atoms with Crippen LogP contribution in [-0.4, -0.2) is 24.1 Å².